The highest BCUT2D eigenvalue weighted by Crippen LogP contribution is 2.24. The Labute approximate surface area is 211 Å². The number of nitrogens with one attached hydrogen (secondary N) is 1. The maximum absolute atomic E-state index is 13.2. The molecule has 0 spiro atoms. The SMILES string of the molecule is O=C(Nc1ccccc1C(=O)N1CCCCCC1)C1CCCN(Cc2nc(-c3ccccc3)no2)C1. The summed E-state index contributed by atoms with van der Waals surface area (Å²) in [4.78, 5) is 35.1. The maximum Gasteiger partial charge on any atom is 0.255 e. The average Bonchev–Trinajstić information content (AvgIpc) is 3.21. The highest BCUT2D eigenvalue weighted by Gasteiger charge is 2.28. The molecule has 1 unspecified atom stereocenters. The lowest BCUT2D eigenvalue weighted by Gasteiger charge is -2.31. The molecular formula is C28H33N5O3. The molecule has 2 fully saturated rings. The van der Waals surface area contributed by atoms with E-state index in [9.17, 15) is 9.59 Å². The number of nitrogens with zero attached hydrogens (tertiary/aromatic N) is 4. The number of carbonyl (C=O) groups is 2. The van der Waals surface area contributed by atoms with E-state index in [1.165, 1.54) is 0 Å². The van der Waals surface area contributed by atoms with Gasteiger partial charge in [0.05, 0.1) is 23.7 Å². The van der Waals surface area contributed by atoms with Gasteiger partial charge in [0.15, 0.2) is 0 Å². The minimum Gasteiger partial charge on any atom is -0.339 e. The Bertz CT molecular complexity index is 1170. The number of hydrogen-bond acceptors (Lipinski definition) is 6. The molecule has 36 heavy (non-hydrogen) atoms. The Morgan fingerprint density at radius 3 is 2.47 bits per heavy atom. The van der Waals surface area contributed by atoms with Crippen molar-refractivity contribution in [3.05, 3.63) is 66.1 Å². The van der Waals surface area contributed by atoms with Crippen molar-refractivity contribution in [1.82, 2.24) is 19.9 Å². The summed E-state index contributed by atoms with van der Waals surface area (Å²) in [6.07, 6.45) is 6.11. The summed E-state index contributed by atoms with van der Waals surface area (Å²) >= 11 is 0. The summed E-state index contributed by atoms with van der Waals surface area (Å²) in [7, 11) is 0. The zero-order chi connectivity index (χ0) is 24.7. The first-order chi connectivity index (χ1) is 17.7. The Morgan fingerprint density at radius 2 is 1.67 bits per heavy atom. The molecule has 8 heteroatoms. The second-order valence-electron chi connectivity index (χ2n) is 9.69. The van der Waals surface area contributed by atoms with Crippen LogP contribution in [0.2, 0.25) is 0 Å². The number of para-hydroxylation sites is 1. The summed E-state index contributed by atoms with van der Waals surface area (Å²) in [6.45, 7) is 3.54. The van der Waals surface area contributed by atoms with Gasteiger partial charge in [-0.05, 0) is 44.4 Å². The van der Waals surface area contributed by atoms with Crippen LogP contribution in [0.3, 0.4) is 0 Å². The second kappa shape index (κ2) is 11.5. The van der Waals surface area contributed by atoms with Crippen LogP contribution in [0.25, 0.3) is 11.4 Å². The number of benzene rings is 2. The zero-order valence-electron chi connectivity index (χ0n) is 20.6. The molecule has 0 aliphatic carbocycles. The van der Waals surface area contributed by atoms with E-state index in [4.69, 9.17) is 4.52 Å². The normalized spacial score (nSPS) is 19.0. The van der Waals surface area contributed by atoms with Gasteiger partial charge in [-0.3, -0.25) is 14.5 Å². The van der Waals surface area contributed by atoms with Crippen LogP contribution in [0.15, 0.2) is 59.1 Å². The van der Waals surface area contributed by atoms with Crippen molar-refractivity contribution in [2.24, 2.45) is 5.92 Å². The van der Waals surface area contributed by atoms with Crippen LogP contribution in [0.5, 0.6) is 0 Å². The molecule has 0 radical (unpaired) electrons. The number of hydrogen-bond donors (Lipinski definition) is 1. The van der Waals surface area contributed by atoms with E-state index in [-0.39, 0.29) is 17.7 Å². The molecule has 1 atom stereocenters. The van der Waals surface area contributed by atoms with Crippen molar-refractivity contribution < 1.29 is 14.1 Å². The highest BCUT2D eigenvalue weighted by atomic mass is 16.5. The summed E-state index contributed by atoms with van der Waals surface area (Å²) in [5.74, 6) is 0.900. The van der Waals surface area contributed by atoms with Gasteiger partial charge in [-0.2, -0.15) is 4.98 Å². The van der Waals surface area contributed by atoms with Gasteiger partial charge < -0.3 is 14.7 Å². The molecule has 0 saturated carbocycles. The van der Waals surface area contributed by atoms with Gasteiger partial charge in [0.2, 0.25) is 17.6 Å². The van der Waals surface area contributed by atoms with Crippen molar-refractivity contribution in [3.8, 4) is 11.4 Å². The number of piperidine rings is 1. The van der Waals surface area contributed by atoms with Crippen LogP contribution in [0.4, 0.5) is 5.69 Å². The van der Waals surface area contributed by atoms with Gasteiger partial charge in [-0.15, -0.1) is 0 Å². The van der Waals surface area contributed by atoms with Crippen molar-refractivity contribution >= 4 is 17.5 Å². The van der Waals surface area contributed by atoms with E-state index in [2.05, 4.69) is 20.4 Å². The van der Waals surface area contributed by atoms with Gasteiger partial charge in [0.1, 0.15) is 0 Å². The standard InChI is InChI=1S/C28H33N5O3/c34-27(29-24-15-7-6-14-23(24)28(35)33-17-8-1-2-9-18-33)22-13-10-16-32(19-22)20-25-30-26(31-36-25)21-11-4-3-5-12-21/h3-7,11-12,14-15,22H,1-2,8-10,13,16-20H2,(H,29,34). The lowest BCUT2D eigenvalue weighted by Crippen LogP contribution is -2.40. The van der Waals surface area contributed by atoms with Crippen molar-refractivity contribution in [1.29, 1.82) is 0 Å². The van der Waals surface area contributed by atoms with E-state index in [0.717, 1.165) is 63.7 Å². The molecule has 3 heterocycles. The van der Waals surface area contributed by atoms with E-state index in [1.54, 1.807) is 0 Å². The predicted octanol–water partition coefficient (Wildman–Crippen LogP) is 4.60. The fourth-order valence-corrected chi connectivity index (χ4v) is 5.09. The van der Waals surface area contributed by atoms with Gasteiger partial charge >= 0.3 is 0 Å². The molecule has 1 aromatic heterocycles. The molecule has 8 nitrogen and oxygen atoms in total. The van der Waals surface area contributed by atoms with Crippen LogP contribution >= 0.6 is 0 Å². The first-order valence-electron chi connectivity index (χ1n) is 13.0. The third kappa shape index (κ3) is 5.82. The Kier molecular flexibility index (Phi) is 7.71. The van der Waals surface area contributed by atoms with Crippen molar-refractivity contribution in [2.45, 2.75) is 45.1 Å². The Morgan fingerprint density at radius 1 is 0.917 bits per heavy atom. The number of likely N-dealkylation sites (tertiary alicyclic amines) is 2. The number of carbonyl (C=O) groups excluding carboxylic acids is 2. The van der Waals surface area contributed by atoms with E-state index >= 15 is 0 Å². The lowest BCUT2D eigenvalue weighted by molar-refractivity contribution is -0.121. The molecule has 5 rings (SSSR count). The van der Waals surface area contributed by atoms with Crippen LogP contribution in [0, 0.1) is 5.92 Å². The smallest absolute Gasteiger partial charge is 0.255 e. The molecule has 3 aromatic rings. The van der Waals surface area contributed by atoms with E-state index < -0.39 is 0 Å². The summed E-state index contributed by atoms with van der Waals surface area (Å²) in [5, 5.41) is 7.17. The maximum atomic E-state index is 13.2. The number of amides is 2. The fraction of sp³-hybridized carbons (Fsp3) is 0.429. The predicted molar refractivity (Wildman–Crippen MR) is 137 cm³/mol. The first kappa shape index (κ1) is 24.2. The van der Waals surface area contributed by atoms with Crippen molar-refractivity contribution in [2.75, 3.05) is 31.5 Å². The third-order valence-corrected chi connectivity index (χ3v) is 7.04. The molecule has 0 bridgehead atoms. The van der Waals surface area contributed by atoms with Crippen LogP contribution in [-0.2, 0) is 11.3 Å². The van der Waals surface area contributed by atoms with Crippen LogP contribution in [-0.4, -0.2) is 57.9 Å². The van der Waals surface area contributed by atoms with Crippen LogP contribution in [0.1, 0.15) is 54.8 Å². The molecule has 2 saturated heterocycles. The van der Waals surface area contributed by atoms with Crippen LogP contribution < -0.4 is 5.32 Å². The molecular weight excluding hydrogens is 454 g/mol. The minimum absolute atomic E-state index is 0.00341. The van der Waals surface area contributed by atoms with Gasteiger partial charge in [0.25, 0.3) is 5.91 Å². The van der Waals surface area contributed by atoms with E-state index in [1.807, 2.05) is 59.5 Å². The quantitative estimate of drug-likeness (QED) is 0.546. The minimum atomic E-state index is -0.170. The van der Waals surface area contributed by atoms with Gasteiger partial charge in [-0.25, -0.2) is 0 Å². The van der Waals surface area contributed by atoms with Gasteiger partial charge in [-0.1, -0.05) is 60.5 Å². The molecule has 2 aromatic carbocycles. The highest BCUT2D eigenvalue weighted by molar-refractivity contribution is 6.04. The van der Waals surface area contributed by atoms with Gasteiger partial charge in [0, 0.05) is 25.2 Å². The lowest BCUT2D eigenvalue weighted by atomic mass is 9.96. The Hall–Kier alpha value is -3.52. The topological polar surface area (TPSA) is 91.6 Å². The Balaban J connectivity index is 1.21. The number of anilines is 1. The largest absolute Gasteiger partial charge is 0.339 e. The van der Waals surface area contributed by atoms with Crippen molar-refractivity contribution in [3.63, 3.8) is 0 Å². The number of aromatic nitrogens is 2. The van der Waals surface area contributed by atoms with E-state index in [0.29, 0.717) is 36.1 Å². The third-order valence-electron chi connectivity index (χ3n) is 7.04. The molecule has 188 valence electrons. The first-order valence-corrected chi connectivity index (χ1v) is 13.0. The zero-order valence-corrected chi connectivity index (χ0v) is 20.6. The number of rotatable bonds is 6. The summed E-state index contributed by atoms with van der Waals surface area (Å²) < 4.78 is 5.48. The molecule has 2 amide bonds. The summed E-state index contributed by atoms with van der Waals surface area (Å²) in [6, 6.07) is 17.1. The second-order valence-corrected chi connectivity index (χ2v) is 9.69. The average molecular weight is 488 g/mol. The monoisotopic (exact) mass is 487 g/mol. The molecule has 1 N–H and O–H groups in total. The fourth-order valence-electron chi connectivity index (χ4n) is 5.09. The molecule has 2 aliphatic heterocycles. The summed E-state index contributed by atoms with van der Waals surface area (Å²) in [5.41, 5.74) is 2.08. The molecule has 2 aliphatic rings.